The zero-order chi connectivity index (χ0) is 9.19. The molecule has 4 heteroatoms. The zero-order valence-electron chi connectivity index (χ0n) is 6.98. The van der Waals surface area contributed by atoms with Gasteiger partial charge in [-0.3, -0.25) is 4.79 Å². The third-order valence-electron chi connectivity index (χ3n) is 2.11. The molecule has 1 rings (SSSR count). The second kappa shape index (κ2) is 4.09. The van der Waals surface area contributed by atoms with E-state index in [1.54, 1.807) is 0 Å². The summed E-state index contributed by atoms with van der Waals surface area (Å²) in [6.07, 6.45) is 2.96. The van der Waals surface area contributed by atoms with Gasteiger partial charge in [0.1, 0.15) is 4.32 Å². The number of alkyl halides is 2. The minimum absolute atomic E-state index is 0.135. The van der Waals surface area contributed by atoms with Crippen molar-refractivity contribution >= 4 is 37.8 Å². The first-order chi connectivity index (χ1) is 5.61. The predicted molar refractivity (Wildman–Crippen MR) is 54.9 cm³/mol. The van der Waals surface area contributed by atoms with Crippen molar-refractivity contribution in [3.63, 3.8) is 0 Å². The summed E-state index contributed by atoms with van der Waals surface area (Å²) in [6.45, 7) is 2.28. The van der Waals surface area contributed by atoms with Crippen molar-refractivity contribution in [1.82, 2.24) is 0 Å². The average Bonchev–Trinajstić information content (AvgIpc) is 2.34. The molecular formula is C8H12Br2O2. The molecule has 2 unspecified atom stereocenters. The molecule has 0 spiro atoms. The molecule has 0 N–H and O–H groups in total. The molecule has 12 heavy (non-hydrogen) atoms. The monoisotopic (exact) mass is 298 g/mol. The number of rotatable bonds is 2. The summed E-state index contributed by atoms with van der Waals surface area (Å²) in [7, 11) is 0. The standard InChI is InChI=1S/C8H12Br2O2/c1-2-12-7(11)8(10)5-3-4-6(8)9/h6H,2-5H2,1H3. The molecule has 0 bridgehead atoms. The van der Waals surface area contributed by atoms with Gasteiger partial charge in [-0.05, 0) is 19.8 Å². The molecule has 1 saturated carbocycles. The fourth-order valence-electron chi connectivity index (χ4n) is 1.40. The smallest absolute Gasteiger partial charge is 0.324 e. The molecule has 0 amide bonds. The molecule has 0 saturated heterocycles. The SMILES string of the molecule is CCOC(=O)C1(Br)CCCC1Br. The molecule has 1 aliphatic rings. The van der Waals surface area contributed by atoms with Gasteiger partial charge >= 0.3 is 5.97 Å². The number of carbonyl (C=O) groups is 1. The minimum Gasteiger partial charge on any atom is -0.465 e. The Kier molecular flexibility index (Phi) is 3.58. The molecule has 0 heterocycles. The minimum atomic E-state index is -0.469. The fourth-order valence-corrected chi connectivity index (χ4v) is 2.77. The highest BCUT2D eigenvalue weighted by Crippen LogP contribution is 2.43. The van der Waals surface area contributed by atoms with E-state index in [4.69, 9.17) is 4.74 Å². The first kappa shape index (κ1) is 10.5. The van der Waals surface area contributed by atoms with E-state index in [1.807, 2.05) is 6.92 Å². The maximum Gasteiger partial charge on any atom is 0.324 e. The van der Waals surface area contributed by atoms with Gasteiger partial charge in [0.25, 0.3) is 0 Å². The summed E-state index contributed by atoms with van der Waals surface area (Å²) in [5.41, 5.74) is 0. The van der Waals surface area contributed by atoms with Crippen molar-refractivity contribution in [3.05, 3.63) is 0 Å². The highest BCUT2D eigenvalue weighted by atomic mass is 79.9. The predicted octanol–water partition coefficient (Wildman–Crippen LogP) is 2.63. The molecule has 2 atom stereocenters. The number of hydrogen-bond acceptors (Lipinski definition) is 2. The van der Waals surface area contributed by atoms with Crippen LogP contribution in [0.15, 0.2) is 0 Å². The fraction of sp³-hybridized carbons (Fsp3) is 0.875. The Morgan fingerprint density at radius 1 is 1.75 bits per heavy atom. The van der Waals surface area contributed by atoms with Crippen molar-refractivity contribution in [2.45, 2.75) is 35.3 Å². The van der Waals surface area contributed by atoms with Crippen LogP contribution in [-0.4, -0.2) is 21.7 Å². The first-order valence-corrected chi connectivity index (χ1v) is 5.82. The Morgan fingerprint density at radius 3 is 2.83 bits per heavy atom. The number of carbonyl (C=O) groups excluding carboxylic acids is 1. The molecule has 2 nitrogen and oxygen atoms in total. The molecule has 1 aliphatic carbocycles. The van der Waals surface area contributed by atoms with Gasteiger partial charge in [0.2, 0.25) is 0 Å². The van der Waals surface area contributed by atoms with E-state index in [0.717, 1.165) is 19.3 Å². The first-order valence-electron chi connectivity index (χ1n) is 4.11. The lowest BCUT2D eigenvalue weighted by atomic mass is 10.1. The van der Waals surface area contributed by atoms with Gasteiger partial charge in [-0.15, -0.1) is 0 Å². The lowest BCUT2D eigenvalue weighted by Crippen LogP contribution is -2.37. The average molecular weight is 300 g/mol. The normalized spacial score (nSPS) is 35.1. The quantitative estimate of drug-likeness (QED) is 0.579. The van der Waals surface area contributed by atoms with Gasteiger partial charge in [0, 0.05) is 4.83 Å². The lowest BCUT2D eigenvalue weighted by Gasteiger charge is -2.22. The lowest BCUT2D eigenvalue weighted by molar-refractivity contribution is -0.145. The van der Waals surface area contributed by atoms with E-state index >= 15 is 0 Å². The van der Waals surface area contributed by atoms with E-state index in [1.165, 1.54) is 0 Å². The second-order valence-corrected chi connectivity index (χ2v) is 5.46. The molecule has 0 radical (unpaired) electrons. The van der Waals surface area contributed by atoms with Crippen molar-refractivity contribution in [2.75, 3.05) is 6.61 Å². The summed E-state index contributed by atoms with van der Waals surface area (Å²) in [5.74, 6) is -0.135. The van der Waals surface area contributed by atoms with Crippen LogP contribution in [-0.2, 0) is 9.53 Å². The van der Waals surface area contributed by atoms with E-state index in [2.05, 4.69) is 31.9 Å². The Hall–Kier alpha value is 0.430. The molecule has 0 aromatic carbocycles. The van der Waals surface area contributed by atoms with Crippen LogP contribution in [0.1, 0.15) is 26.2 Å². The second-order valence-electron chi connectivity index (χ2n) is 2.94. The van der Waals surface area contributed by atoms with Gasteiger partial charge < -0.3 is 4.74 Å². The van der Waals surface area contributed by atoms with E-state index in [-0.39, 0.29) is 10.8 Å². The van der Waals surface area contributed by atoms with Gasteiger partial charge in [-0.2, -0.15) is 0 Å². The van der Waals surface area contributed by atoms with Crippen LogP contribution in [0.4, 0.5) is 0 Å². The van der Waals surface area contributed by atoms with E-state index < -0.39 is 4.32 Å². The molecular weight excluding hydrogens is 288 g/mol. The van der Waals surface area contributed by atoms with Crippen molar-refractivity contribution in [1.29, 1.82) is 0 Å². The molecule has 0 aromatic heterocycles. The summed E-state index contributed by atoms with van der Waals surface area (Å²) >= 11 is 6.94. The Morgan fingerprint density at radius 2 is 2.42 bits per heavy atom. The maximum absolute atomic E-state index is 11.5. The Bertz CT molecular complexity index is 184. The van der Waals surface area contributed by atoms with Crippen molar-refractivity contribution in [2.24, 2.45) is 0 Å². The third kappa shape index (κ3) is 1.84. The van der Waals surface area contributed by atoms with Gasteiger partial charge in [0.05, 0.1) is 6.61 Å². The largest absolute Gasteiger partial charge is 0.465 e. The summed E-state index contributed by atoms with van der Waals surface area (Å²) in [4.78, 5) is 11.7. The van der Waals surface area contributed by atoms with Crippen LogP contribution in [0, 0.1) is 0 Å². The number of halogens is 2. The molecule has 1 fully saturated rings. The maximum atomic E-state index is 11.5. The van der Waals surface area contributed by atoms with Crippen molar-refractivity contribution in [3.8, 4) is 0 Å². The summed E-state index contributed by atoms with van der Waals surface area (Å²) in [5, 5.41) is 0. The van der Waals surface area contributed by atoms with Gasteiger partial charge in [0.15, 0.2) is 0 Å². The highest BCUT2D eigenvalue weighted by molar-refractivity contribution is 9.12. The van der Waals surface area contributed by atoms with Crippen LogP contribution in [0.5, 0.6) is 0 Å². The number of esters is 1. The molecule has 0 aliphatic heterocycles. The van der Waals surface area contributed by atoms with E-state index in [9.17, 15) is 4.79 Å². The summed E-state index contributed by atoms with van der Waals surface area (Å²) in [6, 6.07) is 0. The number of hydrogen-bond donors (Lipinski definition) is 0. The third-order valence-corrected chi connectivity index (χ3v) is 5.24. The van der Waals surface area contributed by atoms with Crippen LogP contribution in [0.3, 0.4) is 0 Å². The van der Waals surface area contributed by atoms with Crippen LogP contribution in [0.2, 0.25) is 0 Å². The van der Waals surface area contributed by atoms with E-state index in [0.29, 0.717) is 6.61 Å². The molecule has 0 aromatic rings. The zero-order valence-corrected chi connectivity index (χ0v) is 10.2. The van der Waals surface area contributed by atoms with Crippen LogP contribution in [0.25, 0.3) is 0 Å². The van der Waals surface area contributed by atoms with Crippen molar-refractivity contribution < 1.29 is 9.53 Å². The molecule has 70 valence electrons. The van der Waals surface area contributed by atoms with Gasteiger partial charge in [-0.1, -0.05) is 38.3 Å². The van der Waals surface area contributed by atoms with Gasteiger partial charge in [-0.25, -0.2) is 0 Å². The Labute approximate surface area is 89.3 Å². The summed E-state index contributed by atoms with van der Waals surface area (Å²) < 4.78 is 4.51. The number of ether oxygens (including phenoxy) is 1. The topological polar surface area (TPSA) is 26.3 Å². The van der Waals surface area contributed by atoms with Crippen LogP contribution < -0.4 is 0 Å². The Balaban J connectivity index is 2.63. The highest BCUT2D eigenvalue weighted by Gasteiger charge is 2.46. The van der Waals surface area contributed by atoms with Crippen LogP contribution >= 0.6 is 31.9 Å².